The molecule has 2 unspecified atom stereocenters. The van der Waals surface area contributed by atoms with Crippen LogP contribution < -0.4 is 5.32 Å². The zero-order chi connectivity index (χ0) is 16.0. The van der Waals surface area contributed by atoms with Gasteiger partial charge in [0.15, 0.2) is 0 Å². The molecule has 0 aromatic heterocycles. The zero-order valence-corrected chi connectivity index (χ0v) is 13.3. The van der Waals surface area contributed by atoms with Crippen molar-refractivity contribution in [1.29, 1.82) is 0 Å². The number of hydrogen-bond acceptors (Lipinski definition) is 2. The molecule has 122 valence electrons. The maximum Gasteiger partial charge on any atom is 0.411 e. The summed E-state index contributed by atoms with van der Waals surface area (Å²) >= 11 is 12.0. The van der Waals surface area contributed by atoms with Crippen LogP contribution in [0.1, 0.15) is 18.4 Å². The van der Waals surface area contributed by atoms with Crippen LogP contribution in [0.15, 0.2) is 18.2 Å². The van der Waals surface area contributed by atoms with Crippen LogP contribution in [0, 0.1) is 5.41 Å². The first-order chi connectivity index (χ1) is 10.3. The van der Waals surface area contributed by atoms with E-state index in [1.165, 1.54) is 0 Å². The Balaban J connectivity index is 1.78. The van der Waals surface area contributed by atoms with Crippen molar-refractivity contribution in [2.24, 2.45) is 5.41 Å². The van der Waals surface area contributed by atoms with Gasteiger partial charge >= 0.3 is 6.18 Å². The average Bonchev–Trinajstić information content (AvgIpc) is 3.10. The molecule has 0 bridgehead atoms. The second-order valence-corrected chi connectivity index (χ2v) is 7.02. The van der Waals surface area contributed by atoms with Crippen molar-refractivity contribution < 1.29 is 17.9 Å². The van der Waals surface area contributed by atoms with Gasteiger partial charge in [0.2, 0.25) is 0 Å². The summed E-state index contributed by atoms with van der Waals surface area (Å²) in [5, 5.41) is 4.22. The largest absolute Gasteiger partial charge is 0.411 e. The molecule has 1 aliphatic carbocycles. The van der Waals surface area contributed by atoms with Gasteiger partial charge in [0, 0.05) is 17.4 Å². The van der Waals surface area contributed by atoms with Gasteiger partial charge in [-0.1, -0.05) is 29.3 Å². The van der Waals surface area contributed by atoms with Crippen LogP contribution in [0.4, 0.5) is 13.2 Å². The minimum Gasteiger partial charge on any atom is -0.371 e. The smallest absolute Gasteiger partial charge is 0.371 e. The van der Waals surface area contributed by atoms with Crippen LogP contribution in [0.5, 0.6) is 0 Å². The molecule has 0 radical (unpaired) electrons. The topological polar surface area (TPSA) is 21.3 Å². The van der Waals surface area contributed by atoms with Gasteiger partial charge in [-0.05, 0) is 37.1 Å². The van der Waals surface area contributed by atoms with Crippen LogP contribution >= 0.6 is 23.2 Å². The van der Waals surface area contributed by atoms with Gasteiger partial charge in [-0.25, -0.2) is 0 Å². The van der Waals surface area contributed by atoms with E-state index in [9.17, 15) is 13.2 Å². The van der Waals surface area contributed by atoms with Gasteiger partial charge in [-0.2, -0.15) is 13.2 Å². The van der Waals surface area contributed by atoms with Crippen LogP contribution in [-0.2, 0) is 10.2 Å². The van der Waals surface area contributed by atoms with Gasteiger partial charge in [-0.3, -0.25) is 0 Å². The number of nitrogens with one attached hydrogen (secondary N) is 1. The molecule has 0 spiro atoms. The summed E-state index contributed by atoms with van der Waals surface area (Å²) in [6.07, 6.45) is -2.62. The number of piperidine rings is 1. The minimum absolute atomic E-state index is 0.0970. The van der Waals surface area contributed by atoms with E-state index in [2.05, 4.69) is 5.32 Å². The first-order valence-corrected chi connectivity index (χ1v) is 7.84. The quantitative estimate of drug-likeness (QED) is 0.875. The molecular formula is C15H16Cl2F3NO. The number of benzene rings is 1. The summed E-state index contributed by atoms with van der Waals surface area (Å²) < 4.78 is 41.8. The normalized spacial score (nSPS) is 31.0. The Morgan fingerprint density at radius 3 is 2.68 bits per heavy atom. The number of ether oxygens (including phenoxy) is 1. The Morgan fingerprint density at radius 1 is 1.23 bits per heavy atom. The first kappa shape index (κ1) is 16.4. The van der Waals surface area contributed by atoms with Crippen molar-refractivity contribution in [2.45, 2.75) is 24.4 Å². The second-order valence-electron chi connectivity index (χ2n) is 6.20. The van der Waals surface area contributed by atoms with Crippen molar-refractivity contribution >= 4 is 23.2 Å². The molecule has 1 heterocycles. The van der Waals surface area contributed by atoms with Crippen molar-refractivity contribution in [3.8, 4) is 0 Å². The van der Waals surface area contributed by atoms with Gasteiger partial charge in [0.25, 0.3) is 0 Å². The molecule has 1 N–H and O–H groups in total. The molecule has 1 saturated carbocycles. The van der Waals surface area contributed by atoms with Crippen molar-refractivity contribution in [3.05, 3.63) is 33.8 Å². The fourth-order valence-corrected chi connectivity index (χ4v) is 3.99. The van der Waals surface area contributed by atoms with E-state index in [0.29, 0.717) is 16.6 Å². The Hall–Kier alpha value is -0.490. The number of rotatable bonds is 4. The van der Waals surface area contributed by atoms with Crippen LogP contribution in [-0.4, -0.2) is 32.5 Å². The van der Waals surface area contributed by atoms with E-state index in [-0.39, 0.29) is 17.4 Å². The molecule has 0 amide bonds. The fourth-order valence-electron chi connectivity index (χ4n) is 3.70. The average molecular weight is 354 g/mol. The Morgan fingerprint density at radius 2 is 2.00 bits per heavy atom. The lowest BCUT2D eigenvalue weighted by Gasteiger charge is -2.32. The third-order valence-corrected chi connectivity index (χ3v) is 5.58. The highest BCUT2D eigenvalue weighted by molar-refractivity contribution is 6.42. The van der Waals surface area contributed by atoms with Crippen LogP contribution in [0.2, 0.25) is 10.0 Å². The van der Waals surface area contributed by atoms with Crippen LogP contribution in [0.25, 0.3) is 0 Å². The Labute approximate surface area is 136 Å². The molecular weight excluding hydrogens is 338 g/mol. The predicted octanol–water partition coefficient (Wildman–Crippen LogP) is 4.19. The second kappa shape index (κ2) is 5.55. The lowest BCUT2D eigenvalue weighted by molar-refractivity contribution is -0.178. The lowest BCUT2D eigenvalue weighted by atomic mass is 9.81. The molecule has 1 aromatic rings. The number of fused-ring (bicyclic) bond motifs is 1. The highest BCUT2D eigenvalue weighted by atomic mass is 35.5. The van der Waals surface area contributed by atoms with E-state index in [1.54, 1.807) is 6.07 Å². The third-order valence-electron chi connectivity index (χ3n) is 4.84. The van der Waals surface area contributed by atoms with E-state index < -0.39 is 12.8 Å². The van der Waals surface area contributed by atoms with Gasteiger partial charge < -0.3 is 10.1 Å². The van der Waals surface area contributed by atoms with Crippen molar-refractivity contribution in [2.75, 3.05) is 26.3 Å². The molecule has 1 saturated heterocycles. The van der Waals surface area contributed by atoms with E-state index >= 15 is 0 Å². The maximum absolute atomic E-state index is 12.3. The van der Waals surface area contributed by atoms with Crippen LogP contribution in [0.3, 0.4) is 0 Å². The summed E-state index contributed by atoms with van der Waals surface area (Å²) in [6, 6.07) is 5.50. The van der Waals surface area contributed by atoms with E-state index in [1.807, 2.05) is 12.1 Å². The summed E-state index contributed by atoms with van der Waals surface area (Å²) in [6.45, 7) is 0.387. The fraction of sp³-hybridized carbons (Fsp3) is 0.600. The van der Waals surface area contributed by atoms with Gasteiger partial charge in [0.05, 0.1) is 16.7 Å². The minimum atomic E-state index is -4.29. The molecule has 2 nitrogen and oxygen atoms in total. The molecule has 1 aliphatic heterocycles. The molecule has 7 heteroatoms. The molecule has 2 atom stereocenters. The number of alkyl halides is 3. The summed E-state index contributed by atoms with van der Waals surface area (Å²) in [5.41, 5.74) is 0.602. The summed E-state index contributed by atoms with van der Waals surface area (Å²) in [4.78, 5) is 0. The monoisotopic (exact) mass is 353 g/mol. The predicted molar refractivity (Wildman–Crippen MR) is 79.6 cm³/mol. The first-order valence-electron chi connectivity index (χ1n) is 7.09. The van der Waals surface area contributed by atoms with Gasteiger partial charge in [0.1, 0.15) is 6.61 Å². The van der Waals surface area contributed by atoms with Crippen molar-refractivity contribution in [3.63, 3.8) is 0 Å². The summed E-state index contributed by atoms with van der Waals surface area (Å²) in [7, 11) is 0. The van der Waals surface area contributed by atoms with Crippen molar-refractivity contribution in [1.82, 2.24) is 5.32 Å². The SMILES string of the molecule is FC(F)(F)COCC12CNCCC1(c1ccc(Cl)c(Cl)c1)C2. The summed E-state index contributed by atoms with van der Waals surface area (Å²) in [5.74, 6) is 0. The van der Waals surface area contributed by atoms with E-state index in [0.717, 1.165) is 24.9 Å². The number of halogens is 5. The highest BCUT2D eigenvalue weighted by Crippen LogP contribution is 2.68. The Kier molecular flexibility index (Phi) is 4.13. The standard InChI is InChI=1S/C15H16Cl2F3NO/c16-11-2-1-10(5-12(11)17)14-3-4-21-7-13(14,6-14)8-22-9-15(18,19)20/h1-2,5,21H,3-4,6-9H2. The molecule has 1 aromatic carbocycles. The molecule has 2 aliphatic rings. The third kappa shape index (κ3) is 2.84. The maximum atomic E-state index is 12.3. The zero-order valence-electron chi connectivity index (χ0n) is 11.8. The number of hydrogen-bond donors (Lipinski definition) is 1. The Bertz CT molecular complexity index is 580. The lowest BCUT2D eigenvalue weighted by Crippen LogP contribution is -2.41. The molecule has 2 fully saturated rings. The van der Waals surface area contributed by atoms with E-state index in [4.69, 9.17) is 27.9 Å². The molecule has 22 heavy (non-hydrogen) atoms. The van der Waals surface area contributed by atoms with Gasteiger partial charge in [-0.15, -0.1) is 0 Å². The highest BCUT2D eigenvalue weighted by Gasteiger charge is 2.68. The molecule has 3 rings (SSSR count).